The number of aryl methyl sites for hydroxylation is 1. The van der Waals surface area contributed by atoms with Crippen molar-refractivity contribution in [3.05, 3.63) is 23.0 Å². The summed E-state index contributed by atoms with van der Waals surface area (Å²) in [4.78, 5) is 12.1. The van der Waals surface area contributed by atoms with Crippen LogP contribution < -0.4 is 0 Å². The van der Waals surface area contributed by atoms with Gasteiger partial charge in [0.1, 0.15) is 6.61 Å². The van der Waals surface area contributed by atoms with Gasteiger partial charge in [0, 0.05) is 29.9 Å². The fourth-order valence-electron chi connectivity index (χ4n) is 2.85. The Morgan fingerprint density at radius 3 is 2.75 bits per heavy atom. The van der Waals surface area contributed by atoms with Crippen molar-refractivity contribution in [3.63, 3.8) is 0 Å². The molecule has 1 heterocycles. The monoisotopic (exact) mass is 285 g/mol. The molecule has 0 N–H and O–H groups in total. The molecular weight excluding hydrogens is 264 g/mol. The highest BCUT2D eigenvalue weighted by atomic mass is 19.3. The summed E-state index contributed by atoms with van der Waals surface area (Å²) >= 11 is 0. The fraction of sp³-hybridized carbons (Fsp3) is 0.667. The molecule has 112 valence electrons. The number of Topliss-reactive ketones (excluding diaryl/α,β-unsaturated/α-hetero) is 1. The van der Waals surface area contributed by atoms with Crippen LogP contribution in [0.15, 0.2) is 6.07 Å². The molecule has 3 nitrogen and oxygen atoms in total. The summed E-state index contributed by atoms with van der Waals surface area (Å²) in [6.07, 6.45) is -1.04. The van der Waals surface area contributed by atoms with Crippen molar-refractivity contribution in [2.24, 2.45) is 5.41 Å². The second kappa shape index (κ2) is 5.64. The normalized spacial score (nSPS) is 17.6. The summed E-state index contributed by atoms with van der Waals surface area (Å²) in [5, 5.41) is 0. The van der Waals surface area contributed by atoms with Crippen molar-refractivity contribution < 1.29 is 18.3 Å². The third-order valence-corrected chi connectivity index (χ3v) is 3.70. The van der Waals surface area contributed by atoms with E-state index in [0.717, 1.165) is 23.4 Å². The molecule has 0 aromatic carbocycles. The third-order valence-electron chi connectivity index (χ3n) is 3.70. The Bertz CT molecular complexity index is 506. The van der Waals surface area contributed by atoms with Crippen LogP contribution in [0.5, 0.6) is 0 Å². The molecule has 0 bridgehead atoms. The number of ketones is 1. The Morgan fingerprint density at radius 2 is 2.10 bits per heavy atom. The second-order valence-electron chi connectivity index (χ2n) is 6.20. The molecule has 20 heavy (non-hydrogen) atoms. The molecule has 2 rings (SSSR count). The molecular formula is C15H21F2NO2. The summed E-state index contributed by atoms with van der Waals surface area (Å²) in [6, 6.07) is 1.90. The van der Waals surface area contributed by atoms with Crippen molar-refractivity contribution in [1.82, 2.24) is 4.57 Å². The lowest BCUT2D eigenvalue weighted by molar-refractivity contribution is 0.0144. The van der Waals surface area contributed by atoms with Crippen molar-refractivity contribution in [3.8, 4) is 0 Å². The van der Waals surface area contributed by atoms with Crippen LogP contribution in [0.1, 0.15) is 42.0 Å². The first-order valence-corrected chi connectivity index (χ1v) is 6.88. The SMILES string of the molecule is Cc1cc2c(n1CCOCC(F)F)CC(C)(C)CC2=O. The highest BCUT2D eigenvalue weighted by Gasteiger charge is 2.33. The molecule has 0 atom stereocenters. The van der Waals surface area contributed by atoms with E-state index in [9.17, 15) is 13.6 Å². The van der Waals surface area contributed by atoms with Crippen LogP contribution >= 0.6 is 0 Å². The maximum absolute atomic E-state index is 12.1. The van der Waals surface area contributed by atoms with Crippen LogP contribution in [0.3, 0.4) is 0 Å². The van der Waals surface area contributed by atoms with E-state index >= 15 is 0 Å². The van der Waals surface area contributed by atoms with Crippen LogP contribution in [0, 0.1) is 12.3 Å². The highest BCUT2D eigenvalue weighted by Crippen LogP contribution is 2.36. The van der Waals surface area contributed by atoms with E-state index < -0.39 is 13.0 Å². The number of fused-ring (bicyclic) bond motifs is 1. The Labute approximate surface area is 117 Å². The van der Waals surface area contributed by atoms with Gasteiger partial charge in [-0.15, -0.1) is 0 Å². The molecule has 0 saturated heterocycles. The third kappa shape index (κ3) is 3.26. The maximum atomic E-state index is 12.1. The number of alkyl halides is 2. The molecule has 0 unspecified atom stereocenters. The number of ether oxygens (including phenoxy) is 1. The van der Waals surface area contributed by atoms with Gasteiger partial charge in [-0.3, -0.25) is 4.79 Å². The highest BCUT2D eigenvalue weighted by molar-refractivity contribution is 5.99. The molecule has 5 heteroatoms. The first kappa shape index (κ1) is 15.2. The minimum Gasteiger partial charge on any atom is -0.374 e. The Kier molecular flexibility index (Phi) is 4.28. The maximum Gasteiger partial charge on any atom is 0.261 e. The van der Waals surface area contributed by atoms with Crippen LogP contribution in [-0.2, 0) is 17.7 Å². The average molecular weight is 285 g/mol. The number of nitrogens with zero attached hydrogens (tertiary/aromatic N) is 1. The number of carbonyl (C=O) groups excluding carboxylic acids is 1. The first-order valence-electron chi connectivity index (χ1n) is 6.88. The van der Waals surface area contributed by atoms with Gasteiger partial charge in [0.05, 0.1) is 6.61 Å². The summed E-state index contributed by atoms with van der Waals surface area (Å²) in [5.41, 5.74) is 2.75. The molecule has 1 aliphatic rings. The largest absolute Gasteiger partial charge is 0.374 e. The molecule has 0 aliphatic heterocycles. The molecule has 0 fully saturated rings. The summed E-state index contributed by atoms with van der Waals surface area (Å²) < 4.78 is 31.0. The lowest BCUT2D eigenvalue weighted by Crippen LogP contribution is -2.28. The first-order chi connectivity index (χ1) is 9.30. The van der Waals surface area contributed by atoms with Crippen LogP contribution in [0.2, 0.25) is 0 Å². The van der Waals surface area contributed by atoms with E-state index in [-0.39, 0.29) is 17.8 Å². The summed E-state index contributed by atoms with van der Waals surface area (Å²) in [6.45, 7) is 6.30. The Balaban J connectivity index is 2.12. The van der Waals surface area contributed by atoms with E-state index in [0.29, 0.717) is 13.0 Å². The lowest BCUT2D eigenvalue weighted by atomic mass is 9.76. The van der Waals surface area contributed by atoms with Crippen molar-refractivity contribution in [2.45, 2.75) is 46.6 Å². The minimum absolute atomic E-state index is 0.0452. The van der Waals surface area contributed by atoms with E-state index in [1.54, 1.807) is 0 Å². The predicted octanol–water partition coefficient (Wildman–Crippen LogP) is 3.23. The number of carbonyl (C=O) groups is 1. The van der Waals surface area contributed by atoms with E-state index in [4.69, 9.17) is 4.74 Å². The minimum atomic E-state index is -2.44. The van der Waals surface area contributed by atoms with Crippen LogP contribution in [0.25, 0.3) is 0 Å². The standard InChI is InChI=1S/C15H21F2NO2/c1-10-6-11-12(7-15(2,3)8-13(11)19)18(10)4-5-20-9-14(16)17/h6,14H,4-5,7-9H2,1-3H3. The molecule has 0 amide bonds. The second-order valence-corrected chi connectivity index (χ2v) is 6.20. The van der Waals surface area contributed by atoms with Gasteiger partial charge in [0.25, 0.3) is 6.43 Å². The Morgan fingerprint density at radius 1 is 1.40 bits per heavy atom. The van der Waals surface area contributed by atoms with Crippen molar-refractivity contribution in [2.75, 3.05) is 13.2 Å². The van der Waals surface area contributed by atoms with Gasteiger partial charge in [0.15, 0.2) is 5.78 Å². The van der Waals surface area contributed by atoms with Gasteiger partial charge in [-0.1, -0.05) is 13.8 Å². The van der Waals surface area contributed by atoms with E-state index in [2.05, 4.69) is 13.8 Å². The molecule has 0 spiro atoms. The van der Waals surface area contributed by atoms with Gasteiger partial charge in [-0.25, -0.2) is 8.78 Å². The topological polar surface area (TPSA) is 31.2 Å². The number of halogens is 2. The zero-order chi connectivity index (χ0) is 14.9. The molecule has 1 aromatic rings. The quantitative estimate of drug-likeness (QED) is 0.778. The zero-order valence-corrected chi connectivity index (χ0v) is 12.2. The molecule has 1 aliphatic carbocycles. The Hall–Kier alpha value is -1.23. The van der Waals surface area contributed by atoms with Crippen molar-refractivity contribution in [1.29, 1.82) is 0 Å². The number of hydrogen-bond acceptors (Lipinski definition) is 2. The molecule has 1 aromatic heterocycles. The van der Waals surface area contributed by atoms with Crippen LogP contribution in [0.4, 0.5) is 8.78 Å². The fourth-order valence-corrected chi connectivity index (χ4v) is 2.85. The van der Waals surface area contributed by atoms with E-state index in [1.807, 2.05) is 17.6 Å². The summed E-state index contributed by atoms with van der Waals surface area (Å²) in [5.74, 6) is 0.173. The number of hydrogen-bond donors (Lipinski definition) is 0. The zero-order valence-electron chi connectivity index (χ0n) is 12.2. The summed E-state index contributed by atoms with van der Waals surface area (Å²) in [7, 11) is 0. The predicted molar refractivity (Wildman–Crippen MR) is 72.4 cm³/mol. The number of aromatic nitrogens is 1. The van der Waals surface area contributed by atoms with Gasteiger partial charge in [-0.2, -0.15) is 0 Å². The van der Waals surface area contributed by atoms with Gasteiger partial charge in [-0.05, 0) is 24.8 Å². The van der Waals surface area contributed by atoms with Gasteiger partial charge in [0.2, 0.25) is 0 Å². The smallest absolute Gasteiger partial charge is 0.261 e. The molecule has 0 radical (unpaired) electrons. The lowest BCUT2D eigenvalue weighted by Gasteiger charge is -2.29. The molecule has 0 saturated carbocycles. The van der Waals surface area contributed by atoms with Gasteiger partial charge >= 0.3 is 0 Å². The van der Waals surface area contributed by atoms with Crippen LogP contribution in [-0.4, -0.2) is 30.0 Å². The average Bonchev–Trinajstić information content (AvgIpc) is 2.60. The van der Waals surface area contributed by atoms with Gasteiger partial charge < -0.3 is 9.30 Å². The number of rotatable bonds is 5. The van der Waals surface area contributed by atoms with E-state index in [1.165, 1.54) is 0 Å². The van der Waals surface area contributed by atoms with Crippen molar-refractivity contribution >= 4 is 5.78 Å².